The second kappa shape index (κ2) is 3.19. The van der Waals surface area contributed by atoms with Crippen molar-refractivity contribution < 1.29 is 4.55 Å². The van der Waals surface area contributed by atoms with Gasteiger partial charge in [0.1, 0.15) is 0 Å². The molecule has 1 atom stereocenters. The van der Waals surface area contributed by atoms with Gasteiger partial charge in [0.2, 0.25) is 0 Å². The lowest BCUT2D eigenvalue weighted by molar-refractivity contribution is 0.661. The molecule has 1 unspecified atom stereocenters. The molecule has 0 heterocycles. The number of halogens is 1. The van der Waals surface area contributed by atoms with Gasteiger partial charge in [-0.2, -0.15) is 0 Å². The van der Waals surface area contributed by atoms with Gasteiger partial charge in [0.25, 0.3) is 0 Å². The third-order valence-corrected chi connectivity index (χ3v) is 2.15. The molecule has 0 spiro atoms. The molecule has 0 bridgehead atoms. The first kappa shape index (κ1) is 7.79. The number of hydrogen-bond acceptors (Lipinski definition) is 1. The molecule has 1 N–H and O–H groups in total. The summed E-state index contributed by atoms with van der Waals surface area (Å²) >= 11 is 5.62. The first-order valence-corrected chi connectivity index (χ1v) is 4.41. The fraction of sp³-hybridized carbons (Fsp3) is 0. The molecule has 1 aromatic rings. The summed E-state index contributed by atoms with van der Waals surface area (Å²) in [6, 6.07) is 6.99. The van der Waals surface area contributed by atoms with Gasteiger partial charge in [-0.1, -0.05) is 11.6 Å². The Kier molecular flexibility index (Phi) is 2.49. The Balaban J connectivity index is 3.00. The largest absolute Gasteiger partial charge is 0.333 e. The van der Waals surface area contributed by atoms with Gasteiger partial charge in [0.15, 0.2) is 0 Å². The number of rotatable bonds is 1. The molecule has 0 amide bonds. The van der Waals surface area contributed by atoms with Crippen molar-refractivity contribution in [3.63, 3.8) is 0 Å². The highest BCUT2D eigenvalue weighted by Gasteiger charge is 1.91. The molecule has 0 fully saturated rings. The van der Waals surface area contributed by atoms with E-state index in [4.69, 9.17) is 16.2 Å². The van der Waals surface area contributed by atoms with Crippen molar-refractivity contribution in [2.45, 2.75) is 4.90 Å². The van der Waals surface area contributed by atoms with Crippen LogP contribution in [0.2, 0.25) is 5.02 Å². The monoisotopic (exact) mass is 174 g/mol. The molecule has 0 saturated heterocycles. The predicted octanol–water partition coefficient (Wildman–Crippen LogP) is 2.87. The molecule has 10 heavy (non-hydrogen) atoms. The molecule has 0 aliphatic carbocycles. The predicted molar refractivity (Wildman–Crippen MR) is 47.1 cm³/mol. The van der Waals surface area contributed by atoms with E-state index >= 15 is 0 Å². The van der Waals surface area contributed by atoms with E-state index in [0.717, 1.165) is 4.90 Å². The second-order valence-electron chi connectivity index (χ2n) is 1.82. The zero-order chi connectivity index (χ0) is 7.56. The summed E-state index contributed by atoms with van der Waals surface area (Å²) in [5.41, 5.74) is 0. The molecular weight excluding hydrogens is 168 g/mol. The van der Waals surface area contributed by atoms with Crippen molar-refractivity contribution >= 4 is 28.2 Å². The maximum absolute atomic E-state index is 8.99. The van der Waals surface area contributed by atoms with Crippen molar-refractivity contribution in [1.29, 1.82) is 0 Å². The molecule has 1 aromatic carbocycles. The lowest BCUT2D eigenvalue weighted by Gasteiger charge is -1.97. The van der Waals surface area contributed by atoms with Crippen LogP contribution in [0.5, 0.6) is 0 Å². The van der Waals surface area contributed by atoms with E-state index in [9.17, 15) is 0 Å². The van der Waals surface area contributed by atoms with E-state index in [2.05, 4.69) is 5.87 Å². The summed E-state index contributed by atoms with van der Waals surface area (Å²) in [7, 11) is -0.896. The molecule has 1 rings (SSSR count). The minimum Gasteiger partial charge on any atom is -0.333 e. The zero-order valence-corrected chi connectivity index (χ0v) is 6.82. The zero-order valence-electron chi connectivity index (χ0n) is 5.25. The van der Waals surface area contributed by atoms with E-state index in [1.54, 1.807) is 24.3 Å². The minimum absolute atomic E-state index is 0.675. The van der Waals surface area contributed by atoms with E-state index < -0.39 is 10.8 Å². The first-order chi connectivity index (χ1) is 4.70. The van der Waals surface area contributed by atoms with Crippen molar-refractivity contribution in [2.24, 2.45) is 0 Å². The lowest BCUT2D eigenvalue weighted by atomic mass is 10.4. The molecule has 0 aliphatic heterocycles. The van der Waals surface area contributed by atoms with E-state index in [1.165, 1.54) is 0 Å². The molecular formula is C7H7ClOS. The minimum atomic E-state index is -0.896. The molecule has 3 heteroatoms. The molecule has 54 valence electrons. The highest BCUT2D eigenvalue weighted by Crippen LogP contribution is 2.21. The maximum Gasteiger partial charge on any atom is 0.0406 e. The number of hydrogen-bond donors (Lipinski definition) is 1. The van der Waals surface area contributed by atoms with Gasteiger partial charge in [-0.05, 0) is 40.9 Å². The molecule has 1 nitrogen and oxygen atoms in total. The molecule has 0 aromatic heterocycles. The Morgan fingerprint density at radius 1 is 1.30 bits per heavy atom. The first-order valence-electron chi connectivity index (χ1n) is 2.69. The Hall–Kier alpha value is -0.310. The summed E-state index contributed by atoms with van der Waals surface area (Å²) in [5.74, 6) is 3.48. The average molecular weight is 175 g/mol. The van der Waals surface area contributed by atoms with Crippen LogP contribution in [-0.4, -0.2) is 10.4 Å². The standard InChI is InChI=1S/C7H7ClOS/c1-10(9)7-4-2-6(8)3-5-7/h2-5,9H,1H2. The van der Waals surface area contributed by atoms with Crippen LogP contribution in [0.4, 0.5) is 0 Å². The van der Waals surface area contributed by atoms with Crippen LogP contribution >= 0.6 is 22.4 Å². The summed E-state index contributed by atoms with van der Waals surface area (Å²) in [6.45, 7) is 0. The molecule has 0 radical (unpaired) electrons. The fourth-order valence-electron chi connectivity index (χ4n) is 0.592. The van der Waals surface area contributed by atoms with Crippen molar-refractivity contribution in [1.82, 2.24) is 0 Å². The van der Waals surface area contributed by atoms with Crippen LogP contribution in [-0.2, 0) is 0 Å². The maximum atomic E-state index is 8.99. The van der Waals surface area contributed by atoms with Gasteiger partial charge in [0.05, 0.1) is 0 Å². The van der Waals surface area contributed by atoms with Gasteiger partial charge in [0, 0.05) is 9.92 Å². The summed E-state index contributed by atoms with van der Waals surface area (Å²) in [6.07, 6.45) is 0. The van der Waals surface area contributed by atoms with Crippen LogP contribution < -0.4 is 0 Å². The second-order valence-corrected chi connectivity index (χ2v) is 3.46. The van der Waals surface area contributed by atoms with Gasteiger partial charge >= 0.3 is 0 Å². The van der Waals surface area contributed by atoms with Gasteiger partial charge in [-0.25, -0.2) is 0 Å². The van der Waals surface area contributed by atoms with Crippen LogP contribution in [0.1, 0.15) is 0 Å². The van der Waals surface area contributed by atoms with E-state index in [-0.39, 0.29) is 0 Å². The Morgan fingerprint density at radius 2 is 1.80 bits per heavy atom. The third kappa shape index (κ3) is 1.84. The van der Waals surface area contributed by atoms with Crippen LogP contribution in [0.15, 0.2) is 29.2 Å². The smallest absolute Gasteiger partial charge is 0.0406 e. The highest BCUT2D eigenvalue weighted by atomic mass is 35.5. The lowest BCUT2D eigenvalue weighted by Crippen LogP contribution is -1.70. The summed E-state index contributed by atoms with van der Waals surface area (Å²) in [4.78, 5) is 0.810. The Bertz CT molecular complexity index is 242. The van der Waals surface area contributed by atoms with Gasteiger partial charge < -0.3 is 4.55 Å². The molecule has 0 saturated carbocycles. The van der Waals surface area contributed by atoms with Crippen LogP contribution in [0, 0.1) is 0 Å². The quantitative estimate of drug-likeness (QED) is 0.650. The topological polar surface area (TPSA) is 20.2 Å². The summed E-state index contributed by atoms with van der Waals surface area (Å²) < 4.78 is 8.99. The van der Waals surface area contributed by atoms with Gasteiger partial charge in [-0.3, -0.25) is 0 Å². The SMILES string of the molecule is C=S(O)c1ccc(Cl)cc1. The fourth-order valence-corrected chi connectivity index (χ4v) is 1.17. The third-order valence-electron chi connectivity index (χ3n) is 1.09. The van der Waals surface area contributed by atoms with Crippen LogP contribution in [0.25, 0.3) is 0 Å². The van der Waals surface area contributed by atoms with E-state index in [0.29, 0.717) is 5.02 Å². The van der Waals surface area contributed by atoms with E-state index in [1.807, 2.05) is 0 Å². The molecule has 0 aliphatic rings. The van der Waals surface area contributed by atoms with Crippen molar-refractivity contribution in [3.8, 4) is 0 Å². The number of benzene rings is 1. The normalized spacial score (nSPS) is 13.0. The average Bonchev–Trinajstić information content (AvgIpc) is 1.88. The Morgan fingerprint density at radius 3 is 2.20 bits per heavy atom. The highest BCUT2D eigenvalue weighted by molar-refractivity contribution is 8.09. The van der Waals surface area contributed by atoms with Crippen molar-refractivity contribution in [3.05, 3.63) is 29.3 Å². The van der Waals surface area contributed by atoms with Crippen molar-refractivity contribution in [2.75, 3.05) is 0 Å². The van der Waals surface area contributed by atoms with Gasteiger partial charge in [-0.15, -0.1) is 0 Å². The Labute approximate surface area is 67.4 Å². The van der Waals surface area contributed by atoms with Crippen LogP contribution in [0.3, 0.4) is 0 Å². The summed E-state index contributed by atoms with van der Waals surface area (Å²) in [5, 5.41) is 0.675.